The van der Waals surface area contributed by atoms with Gasteiger partial charge >= 0.3 is 0 Å². The molecule has 0 aromatic carbocycles. The fourth-order valence-electron chi connectivity index (χ4n) is 1.80. The van der Waals surface area contributed by atoms with Gasteiger partial charge in [-0.25, -0.2) is 0 Å². The Kier molecular flexibility index (Phi) is 3.71. The second kappa shape index (κ2) is 4.59. The molecule has 0 N–H and O–H groups in total. The van der Waals surface area contributed by atoms with Gasteiger partial charge in [-0.2, -0.15) is 5.26 Å². The first-order valence-electron chi connectivity index (χ1n) is 4.88. The van der Waals surface area contributed by atoms with Gasteiger partial charge in [0, 0.05) is 20.1 Å². The van der Waals surface area contributed by atoms with Crippen molar-refractivity contribution in [3.8, 4) is 6.07 Å². The summed E-state index contributed by atoms with van der Waals surface area (Å²) in [6, 6.07) is 2.40. The largest absolute Gasteiger partial charge is 0.385 e. The lowest BCUT2D eigenvalue weighted by molar-refractivity contribution is 0.119. The quantitative estimate of drug-likeness (QED) is 0.659. The number of hydrogen-bond acceptors (Lipinski definition) is 3. The summed E-state index contributed by atoms with van der Waals surface area (Å²) in [7, 11) is 1.68. The zero-order valence-electron chi connectivity index (χ0n) is 8.55. The van der Waals surface area contributed by atoms with Crippen LogP contribution < -0.4 is 0 Å². The number of likely N-dealkylation sites (tertiary alicyclic amines) is 1. The molecule has 0 bridgehead atoms. The van der Waals surface area contributed by atoms with Crippen LogP contribution in [0.15, 0.2) is 0 Å². The van der Waals surface area contributed by atoms with Gasteiger partial charge < -0.3 is 4.74 Å². The van der Waals surface area contributed by atoms with E-state index in [1.165, 1.54) is 12.8 Å². The standard InChI is InChI=1S/C10H18N2O/c1-10(9-11,5-8-13-2)12-6-3-4-7-12/h3-8H2,1-2H3. The Bertz CT molecular complexity index is 194. The molecule has 0 amide bonds. The predicted molar refractivity (Wildman–Crippen MR) is 51.3 cm³/mol. The highest BCUT2D eigenvalue weighted by atomic mass is 16.5. The molecular weight excluding hydrogens is 164 g/mol. The first-order valence-corrected chi connectivity index (χ1v) is 4.88. The zero-order valence-corrected chi connectivity index (χ0v) is 8.55. The number of rotatable bonds is 4. The minimum atomic E-state index is -0.313. The molecule has 1 fully saturated rings. The molecule has 1 unspecified atom stereocenters. The van der Waals surface area contributed by atoms with Crippen molar-refractivity contribution in [1.82, 2.24) is 4.90 Å². The third-order valence-corrected chi connectivity index (χ3v) is 2.84. The van der Waals surface area contributed by atoms with Crippen molar-refractivity contribution in [3.63, 3.8) is 0 Å². The molecule has 1 rings (SSSR count). The van der Waals surface area contributed by atoms with Gasteiger partial charge in [0.25, 0.3) is 0 Å². The number of nitriles is 1. The molecule has 0 saturated carbocycles. The maximum atomic E-state index is 9.13. The molecule has 1 atom stereocenters. The van der Waals surface area contributed by atoms with Crippen LogP contribution in [0.3, 0.4) is 0 Å². The highest BCUT2D eigenvalue weighted by molar-refractivity contribution is 5.06. The average Bonchev–Trinajstić information content (AvgIpc) is 2.67. The Balaban J connectivity index is 2.52. The lowest BCUT2D eigenvalue weighted by atomic mass is 9.98. The molecule has 3 heteroatoms. The predicted octanol–water partition coefficient (Wildman–Crippen LogP) is 1.40. The van der Waals surface area contributed by atoms with Gasteiger partial charge in [0.1, 0.15) is 5.54 Å². The molecule has 0 aromatic heterocycles. The second-order valence-electron chi connectivity index (χ2n) is 3.82. The number of hydrogen-bond donors (Lipinski definition) is 0. The molecule has 0 aromatic rings. The van der Waals surface area contributed by atoms with Gasteiger partial charge in [-0.05, 0) is 32.9 Å². The van der Waals surface area contributed by atoms with Crippen LogP contribution in [-0.2, 0) is 4.74 Å². The average molecular weight is 182 g/mol. The summed E-state index contributed by atoms with van der Waals surface area (Å²) in [5, 5.41) is 9.13. The van der Waals surface area contributed by atoms with Crippen LogP contribution in [0, 0.1) is 11.3 Å². The van der Waals surface area contributed by atoms with Gasteiger partial charge in [-0.15, -0.1) is 0 Å². The lowest BCUT2D eigenvalue weighted by Gasteiger charge is -2.32. The number of nitrogens with zero attached hydrogens (tertiary/aromatic N) is 2. The summed E-state index contributed by atoms with van der Waals surface area (Å²) in [5.74, 6) is 0. The maximum absolute atomic E-state index is 9.13. The van der Waals surface area contributed by atoms with Crippen molar-refractivity contribution >= 4 is 0 Å². The van der Waals surface area contributed by atoms with Crippen LogP contribution in [0.1, 0.15) is 26.2 Å². The molecule has 1 aliphatic rings. The minimum Gasteiger partial charge on any atom is -0.385 e. The van der Waals surface area contributed by atoms with Crippen molar-refractivity contribution in [1.29, 1.82) is 5.26 Å². The number of methoxy groups -OCH3 is 1. The van der Waals surface area contributed by atoms with Crippen molar-refractivity contribution in [2.75, 3.05) is 26.8 Å². The molecule has 13 heavy (non-hydrogen) atoms. The van der Waals surface area contributed by atoms with Crippen molar-refractivity contribution in [2.24, 2.45) is 0 Å². The van der Waals surface area contributed by atoms with E-state index in [2.05, 4.69) is 11.0 Å². The van der Waals surface area contributed by atoms with E-state index in [0.29, 0.717) is 6.61 Å². The topological polar surface area (TPSA) is 36.3 Å². The first-order chi connectivity index (χ1) is 6.23. The zero-order chi connectivity index (χ0) is 9.73. The highest BCUT2D eigenvalue weighted by Crippen LogP contribution is 2.23. The SMILES string of the molecule is COCCC(C)(C#N)N1CCCC1. The first kappa shape index (κ1) is 10.5. The van der Waals surface area contributed by atoms with E-state index in [4.69, 9.17) is 10.00 Å². The Morgan fingerprint density at radius 1 is 1.46 bits per heavy atom. The van der Waals surface area contributed by atoms with Crippen LogP contribution in [0.5, 0.6) is 0 Å². The van der Waals surface area contributed by atoms with E-state index in [1.54, 1.807) is 7.11 Å². The molecule has 1 aliphatic heterocycles. The maximum Gasteiger partial charge on any atom is 0.108 e. The minimum absolute atomic E-state index is 0.313. The van der Waals surface area contributed by atoms with E-state index in [0.717, 1.165) is 19.5 Å². The fraction of sp³-hybridized carbons (Fsp3) is 0.900. The van der Waals surface area contributed by atoms with Crippen molar-refractivity contribution in [2.45, 2.75) is 31.7 Å². The normalized spacial score (nSPS) is 22.5. The molecular formula is C10H18N2O. The summed E-state index contributed by atoms with van der Waals surface area (Å²) < 4.78 is 5.02. The Labute approximate surface area is 80.3 Å². The second-order valence-corrected chi connectivity index (χ2v) is 3.82. The molecule has 0 radical (unpaired) electrons. The Hall–Kier alpha value is -0.590. The lowest BCUT2D eigenvalue weighted by Crippen LogP contribution is -2.44. The number of ether oxygens (including phenoxy) is 1. The Morgan fingerprint density at radius 3 is 2.54 bits per heavy atom. The third kappa shape index (κ3) is 2.43. The van der Waals surface area contributed by atoms with Crippen LogP contribution in [0.4, 0.5) is 0 Å². The molecule has 0 spiro atoms. The van der Waals surface area contributed by atoms with Gasteiger partial charge in [0.15, 0.2) is 0 Å². The fourth-order valence-corrected chi connectivity index (χ4v) is 1.80. The third-order valence-electron chi connectivity index (χ3n) is 2.84. The van der Waals surface area contributed by atoms with E-state index in [1.807, 2.05) is 6.92 Å². The van der Waals surface area contributed by atoms with E-state index in [-0.39, 0.29) is 5.54 Å². The van der Waals surface area contributed by atoms with Crippen LogP contribution in [0.25, 0.3) is 0 Å². The summed E-state index contributed by atoms with van der Waals surface area (Å²) in [4.78, 5) is 2.27. The van der Waals surface area contributed by atoms with Crippen molar-refractivity contribution < 1.29 is 4.74 Å². The van der Waals surface area contributed by atoms with E-state index < -0.39 is 0 Å². The van der Waals surface area contributed by atoms with Crippen LogP contribution in [-0.4, -0.2) is 37.2 Å². The molecule has 3 nitrogen and oxygen atoms in total. The monoisotopic (exact) mass is 182 g/mol. The van der Waals surface area contributed by atoms with Crippen molar-refractivity contribution in [3.05, 3.63) is 0 Å². The molecule has 0 aliphatic carbocycles. The molecule has 1 saturated heterocycles. The van der Waals surface area contributed by atoms with E-state index >= 15 is 0 Å². The van der Waals surface area contributed by atoms with Gasteiger partial charge in [0.05, 0.1) is 6.07 Å². The van der Waals surface area contributed by atoms with Gasteiger partial charge in [-0.1, -0.05) is 0 Å². The van der Waals surface area contributed by atoms with Crippen LogP contribution >= 0.6 is 0 Å². The summed E-state index contributed by atoms with van der Waals surface area (Å²) in [6.07, 6.45) is 3.26. The molecule has 1 heterocycles. The molecule has 74 valence electrons. The van der Waals surface area contributed by atoms with Gasteiger partial charge in [0.2, 0.25) is 0 Å². The summed E-state index contributed by atoms with van der Waals surface area (Å²) >= 11 is 0. The Morgan fingerprint density at radius 2 is 2.08 bits per heavy atom. The summed E-state index contributed by atoms with van der Waals surface area (Å²) in [6.45, 7) is 4.81. The van der Waals surface area contributed by atoms with E-state index in [9.17, 15) is 0 Å². The summed E-state index contributed by atoms with van der Waals surface area (Å²) in [5.41, 5.74) is -0.313. The van der Waals surface area contributed by atoms with Crippen LogP contribution in [0.2, 0.25) is 0 Å². The smallest absolute Gasteiger partial charge is 0.108 e. The van der Waals surface area contributed by atoms with Gasteiger partial charge in [-0.3, -0.25) is 4.90 Å². The highest BCUT2D eigenvalue weighted by Gasteiger charge is 2.33.